The molecule has 1 amide bonds. The van der Waals surface area contributed by atoms with Gasteiger partial charge in [0.15, 0.2) is 0 Å². The Morgan fingerprint density at radius 1 is 1.35 bits per heavy atom. The van der Waals surface area contributed by atoms with Crippen LogP contribution in [-0.4, -0.2) is 31.2 Å². The third-order valence-corrected chi connectivity index (χ3v) is 5.26. The van der Waals surface area contributed by atoms with Crippen molar-refractivity contribution < 1.29 is 26.4 Å². The van der Waals surface area contributed by atoms with Gasteiger partial charge < -0.3 is 5.73 Å². The summed E-state index contributed by atoms with van der Waals surface area (Å²) in [6.45, 7) is 2.59. The number of primary amides is 1. The van der Waals surface area contributed by atoms with Crippen molar-refractivity contribution in [2.75, 3.05) is 6.54 Å². The number of sulfonamides is 1. The predicted molar refractivity (Wildman–Crippen MR) is 80.1 cm³/mol. The van der Waals surface area contributed by atoms with Crippen molar-refractivity contribution >= 4 is 27.5 Å². The first-order valence-electron chi connectivity index (χ1n) is 6.48. The number of alkyl halides is 3. The van der Waals surface area contributed by atoms with Gasteiger partial charge in [0.1, 0.15) is 0 Å². The van der Waals surface area contributed by atoms with Crippen LogP contribution in [0.3, 0.4) is 0 Å². The van der Waals surface area contributed by atoms with Crippen LogP contribution >= 0.6 is 11.6 Å². The molecule has 10 heteroatoms. The highest BCUT2D eigenvalue weighted by molar-refractivity contribution is 7.88. The minimum absolute atomic E-state index is 0.00906. The summed E-state index contributed by atoms with van der Waals surface area (Å²) in [4.78, 5) is 11.0. The highest BCUT2D eigenvalue weighted by Gasteiger charge is 2.32. The molecule has 0 aliphatic rings. The number of halogens is 4. The molecule has 0 radical (unpaired) electrons. The Kier molecular flexibility index (Phi) is 6.06. The lowest BCUT2D eigenvalue weighted by molar-refractivity contribution is -0.137. The molecule has 0 aliphatic heterocycles. The van der Waals surface area contributed by atoms with Crippen LogP contribution < -0.4 is 5.73 Å². The Bertz CT molecular complexity index is 690. The van der Waals surface area contributed by atoms with E-state index in [0.29, 0.717) is 6.07 Å². The number of nitrogens with zero attached hydrogens (tertiary/aromatic N) is 1. The zero-order valence-electron chi connectivity index (χ0n) is 12.4. The lowest BCUT2D eigenvalue weighted by atomic mass is 10.1. The van der Waals surface area contributed by atoms with E-state index in [1.54, 1.807) is 13.8 Å². The second kappa shape index (κ2) is 7.06. The van der Waals surface area contributed by atoms with Crippen molar-refractivity contribution in [1.29, 1.82) is 0 Å². The van der Waals surface area contributed by atoms with Crippen molar-refractivity contribution in [3.05, 3.63) is 34.3 Å². The zero-order valence-corrected chi connectivity index (χ0v) is 14.0. The van der Waals surface area contributed by atoms with Crippen molar-refractivity contribution in [3.63, 3.8) is 0 Å². The van der Waals surface area contributed by atoms with E-state index in [1.165, 1.54) is 0 Å². The van der Waals surface area contributed by atoms with E-state index in [2.05, 4.69) is 0 Å². The lowest BCUT2D eigenvalue weighted by Gasteiger charge is -2.24. The van der Waals surface area contributed by atoms with Crippen LogP contribution in [0.4, 0.5) is 13.2 Å². The number of nitrogens with two attached hydrogens (primary N) is 1. The number of carbonyl (C=O) groups is 1. The number of carbonyl (C=O) groups excluding carboxylic acids is 1. The maximum atomic E-state index is 12.6. The van der Waals surface area contributed by atoms with E-state index < -0.39 is 46.0 Å². The average molecular weight is 373 g/mol. The molecule has 0 atom stereocenters. The smallest absolute Gasteiger partial charge is 0.369 e. The number of rotatable bonds is 6. The van der Waals surface area contributed by atoms with Crippen molar-refractivity contribution in [1.82, 2.24) is 4.31 Å². The minimum Gasteiger partial charge on any atom is -0.369 e. The summed E-state index contributed by atoms with van der Waals surface area (Å²) in [6.07, 6.45) is -4.57. The summed E-state index contributed by atoms with van der Waals surface area (Å²) in [5.74, 6) is -1.46. The molecule has 130 valence electrons. The lowest BCUT2D eigenvalue weighted by Crippen LogP contribution is -2.43. The molecule has 0 fully saturated rings. The van der Waals surface area contributed by atoms with E-state index in [1.807, 2.05) is 0 Å². The van der Waals surface area contributed by atoms with E-state index in [-0.39, 0.29) is 10.6 Å². The van der Waals surface area contributed by atoms with Crippen LogP contribution in [0.2, 0.25) is 5.02 Å². The van der Waals surface area contributed by atoms with Crippen LogP contribution in [0.15, 0.2) is 18.2 Å². The van der Waals surface area contributed by atoms with Crippen LogP contribution in [0.25, 0.3) is 0 Å². The summed E-state index contributed by atoms with van der Waals surface area (Å²) in [5, 5.41) is -0.314. The van der Waals surface area contributed by atoms with Gasteiger partial charge in [0, 0.05) is 11.1 Å². The topological polar surface area (TPSA) is 80.5 Å². The summed E-state index contributed by atoms with van der Waals surface area (Å²) in [5.41, 5.74) is 4.06. The number of hydrogen-bond donors (Lipinski definition) is 1. The Hall–Kier alpha value is -1.32. The van der Waals surface area contributed by atoms with Gasteiger partial charge in [-0.05, 0) is 31.5 Å². The summed E-state index contributed by atoms with van der Waals surface area (Å²) in [7, 11) is -3.97. The fourth-order valence-electron chi connectivity index (χ4n) is 1.88. The van der Waals surface area contributed by atoms with Crippen molar-refractivity contribution in [2.45, 2.75) is 31.8 Å². The standard InChI is InChI=1S/C13H16ClF3N2O3S/c1-8(2)19(6-12(18)20)23(21,22)7-9-3-4-10(5-11(9)14)13(15,16)17/h3-5,8H,6-7H2,1-2H3,(H2,18,20). The fraction of sp³-hybridized carbons (Fsp3) is 0.462. The normalized spacial score (nSPS) is 12.9. The van der Waals surface area contributed by atoms with Crippen molar-refractivity contribution in [3.8, 4) is 0 Å². The van der Waals surface area contributed by atoms with Crippen molar-refractivity contribution in [2.24, 2.45) is 5.73 Å². The van der Waals surface area contributed by atoms with Gasteiger partial charge in [0.25, 0.3) is 0 Å². The Labute approximate surface area is 137 Å². The summed E-state index contributed by atoms with van der Waals surface area (Å²) in [6, 6.07) is 1.89. The molecule has 1 rings (SSSR count). The third-order valence-electron chi connectivity index (χ3n) is 2.96. The SMILES string of the molecule is CC(C)N(CC(N)=O)S(=O)(=O)Cc1ccc(C(F)(F)F)cc1Cl. The molecule has 0 aromatic heterocycles. The van der Waals surface area contributed by atoms with Gasteiger partial charge in [-0.1, -0.05) is 17.7 Å². The largest absolute Gasteiger partial charge is 0.416 e. The zero-order chi connectivity index (χ0) is 18.0. The fourth-order valence-corrected chi connectivity index (χ4v) is 3.98. The molecule has 0 unspecified atom stereocenters. The number of amides is 1. The first-order chi connectivity index (χ1) is 10.3. The number of hydrogen-bond acceptors (Lipinski definition) is 3. The molecule has 0 saturated heterocycles. The van der Waals surface area contributed by atoms with Crippen LogP contribution in [0.1, 0.15) is 25.0 Å². The minimum atomic E-state index is -4.57. The molecular formula is C13H16ClF3N2O3S. The summed E-state index contributed by atoms with van der Waals surface area (Å²) >= 11 is 5.76. The molecule has 1 aromatic carbocycles. The van der Waals surface area contributed by atoms with Crippen LogP contribution in [0, 0.1) is 0 Å². The Morgan fingerprint density at radius 3 is 2.30 bits per heavy atom. The Morgan fingerprint density at radius 2 is 1.91 bits per heavy atom. The van der Waals surface area contributed by atoms with Gasteiger partial charge in [-0.15, -0.1) is 0 Å². The molecule has 2 N–H and O–H groups in total. The maximum absolute atomic E-state index is 12.6. The van der Waals surface area contributed by atoms with Gasteiger partial charge in [-0.3, -0.25) is 4.79 Å². The average Bonchev–Trinajstić information content (AvgIpc) is 2.36. The molecule has 5 nitrogen and oxygen atoms in total. The van der Waals surface area contributed by atoms with Crippen LogP contribution in [-0.2, 0) is 26.7 Å². The van der Waals surface area contributed by atoms with Gasteiger partial charge in [0.2, 0.25) is 15.9 Å². The van der Waals surface area contributed by atoms with E-state index >= 15 is 0 Å². The van der Waals surface area contributed by atoms with E-state index in [4.69, 9.17) is 17.3 Å². The first-order valence-corrected chi connectivity index (χ1v) is 8.46. The maximum Gasteiger partial charge on any atom is 0.416 e. The molecular weight excluding hydrogens is 357 g/mol. The first kappa shape index (κ1) is 19.7. The molecule has 0 spiro atoms. The predicted octanol–water partition coefficient (Wildman–Crippen LogP) is 2.38. The van der Waals surface area contributed by atoms with Gasteiger partial charge in [-0.25, -0.2) is 8.42 Å². The monoisotopic (exact) mass is 372 g/mol. The molecule has 0 saturated carbocycles. The van der Waals surface area contributed by atoms with Gasteiger partial charge in [-0.2, -0.15) is 17.5 Å². The molecule has 0 heterocycles. The highest BCUT2D eigenvalue weighted by Crippen LogP contribution is 2.32. The van der Waals surface area contributed by atoms with E-state index in [9.17, 15) is 26.4 Å². The van der Waals surface area contributed by atoms with Gasteiger partial charge in [0.05, 0.1) is 17.9 Å². The second-order valence-electron chi connectivity index (χ2n) is 5.17. The van der Waals surface area contributed by atoms with Crippen LogP contribution in [0.5, 0.6) is 0 Å². The Balaban J connectivity index is 3.12. The number of benzene rings is 1. The van der Waals surface area contributed by atoms with E-state index in [0.717, 1.165) is 16.4 Å². The summed E-state index contributed by atoms with van der Waals surface area (Å²) < 4.78 is 63.3. The third kappa shape index (κ3) is 5.36. The molecule has 23 heavy (non-hydrogen) atoms. The molecule has 0 aliphatic carbocycles. The quantitative estimate of drug-likeness (QED) is 0.832. The molecule has 1 aromatic rings. The molecule has 0 bridgehead atoms. The van der Waals surface area contributed by atoms with Gasteiger partial charge >= 0.3 is 6.18 Å². The highest BCUT2D eigenvalue weighted by atomic mass is 35.5. The second-order valence-corrected chi connectivity index (χ2v) is 7.49.